The second-order valence-electron chi connectivity index (χ2n) is 5.43. The molecule has 0 radical (unpaired) electrons. The number of nitrogens with one attached hydrogen (secondary N) is 2. The van der Waals surface area contributed by atoms with Gasteiger partial charge in [0.1, 0.15) is 11.4 Å². The molecule has 2 N–H and O–H groups in total. The summed E-state index contributed by atoms with van der Waals surface area (Å²) >= 11 is 0. The fourth-order valence-electron chi connectivity index (χ4n) is 2.40. The van der Waals surface area contributed by atoms with Gasteiger partial charge in [0.25, 0.3) is 5.91 Å². The lowest BCUT2D eigenvalue weighted by Gasteiger charge is -2.12. The van der Waals surface area contributed by atoms with Crippen molar-refractivity contribution in [2.45, 2.75) is 32.7 Å². The zero-order chi connectivity index (χ0) is 14.3. The van der Waals surface area contributed by atoms with Crippen molar-refractivity contribution in [2.75, 3.05) is 12.4 Å². The van der Waals surface area contributed by atoms with E-state index in [9.17, 15) is 4.79 Å². The number of amides is 1. The minimum absolute atomic E-state index is 0.0976. The Morgan fingerprint density at radius 2 is 2.25 bits per heavy atom. The van der Waals surface area contributed by atoms with Crippen LogP contribution < -0.4 is 10.6 Å². The van der Waals surface area contributed by atoms with Gasteiger partial charge in [-0.25, -0.2) is 9.50 Å². The molecule has 0 unspecified atom stereocenters. The number of anilines is 1. The SMILES string of the molecule is CNc1cc(C)n2ncc(C(=O)N[C@@H](C)C3CC3)c2n1. The van der Waals surface area contributed by atoms with Crippen LogP contribution in [0.2, 0.25) is 0 Å². The van der Waals surface area contributed by atoms with Gasteiger partial charge in [0, 0.05) is 24.8 Å². The first-order valence-electron chi connectivity index (χ1n) is 6.94. The molecule has 1 aliphatic rings. The van der Waals surface area contributed by atoms with E-state index in [1.54, 1.807) is 10.7 Å². The zero-order valence-corrected chi connectivity index (χ0v) is 12.0. The summed E-state index contributed by atoms with van der Waals surface area (Å²) in [5.74, 6) is 1.27. The highest BCUT2D eigenvalue weighted by molar-refractivity contribution is 6.00. The Labute approximate surface area is 117 Å². The molecule has 6 heteroatoms. The maximum atomic E-state index is 12.3. The van der Waals surface area contributed by atoms with Crippen molar-refractivity contribution in [3.05, 3.63) is 23.5 Å². The van der Waals surface area contributed by atoms with Gasteiger partial charge in [0.05, 0.1) is 6.20 Å². The van der Waals surface area contributed by atoms with Crippen molar-refractivity contribution < 1.29 is 4.79 Å². The van der Waals surface area contributed by atoms with Crippen LogP contribution in [0.3, 0.4) is 0 Å². The minimum atomic E-state index is -0.0976. The molecule has 1 fully saturated rings. The van der Waals surface area contributed by atoms with Crippen LogP contribution in [0.1, 0.15) is 35.8 Å². The Morgan fingerprint density at radius 1 is 1.50 bits per heavy atom. The Balaban J connectivity index is 1.94. The molecule has 0 aliphatic heterocycles. The lowest BCUT2D eigenvalue weighted by atomic mass is 10.2. The van der Waals surface area contributed by atoms with Crippen molar-refractivity contribution >= 4 is 17.4 Å². The molecule has 1 aliphatic carbocycles. The summed E-state index contributed by atoms with van der Waals surface area (Å²) in [6, 6.07) is 2.11. The lowest BCUT2D eigenvalue weighted by Crippen LogP contribution is -2.34. The summed E-state index contributed by atoms with van der Waals surface area (Å²) in [6.07, 6.45) is 4.00. The number of carbonyl (C=O) groups excluding carboxylic acids is 1. The van der Waals surface area contributed by atoms with E-state index in [-0.39, 0.29) is 11.9 Å². The predicted octanol–water partition coefficient (Wildman–Crippen LogP) is 1.61. The fourth-order valence-corrected chi connectivity index (χ4v) is 2.40. The molecule has 106 valence electrons. The molecular weight excluding hydrogens is 254 g/mol. The summed E-state index contributed by atoms with van der Waals surface area (Å²) in [6.45, 7) is 4.00. The number of hydrogen-bond acceptors (Lipinski definition) is 4. The smallest absolute Gasteiger partial charge is 0.256 e. The van der Waals surface area contributed by atoms with E-state index >= 15 is 0 Å². The second kappa shape index (κ2) is 4.77. The molecule has 0 saturated heterocycles. The Morgan fingerprint density at radius 3 is 2.90 bits per heavy atom. The quantitative estimate of drug-likeness (QED) is 0.887. The molecule has 0 spiro atoms. The maximum absolute atomic E-state index is 12.3. The van der Waals surface area contributed by atoms with Gasteiger partial charge in [0.15, 0.2) is 5.65 Å². The molecule has 1 amide bonds. The van der Waals surface area contributed by atoms with Crippen LogP contribution >= 0.6 is 0 Å². The number of rotatable bonds is 4. The standard InChI is InChI=1S/C14H19N5O/c1-8-6-12(15-3)18-13-11(7-16-19(8)13)14(20)17-9(2)10-4-5-10/h6-7,9-10H,4-5H2,1-3H3,(H,15,18)(H,17,20)/t9-/m0/s1. The van der Waals surface area contributed by atoms with Gasteiger partial charge >= 0.3 is 0 Å². The first kappa shape index (κ1) is 12.9. The summed E-state index contributed by atoms with van der Waals surface area (Å²) in [7, 11) is 1.81. The third kappa shape index (κ3) is 2.21. The highest BCUT2D eigenvalue weighted by atomic mass is 16.1. The van der Waals surface area contributed by atoms with Crippen LogP contribution in [-0.4, -0.2) is 33.6 Å². The average Bonchev–Trinajstić information content (AvgIpc) is 3.18. The minimum Gasteiger partial charge on any atom is -0.373 e. The highest BCUT2D eigenvalue weighted by Crippen LogP contribution is 2.32. The van der Waals surface area contributed by atoms with Gasteiger partial charge in [-0.05, 0) is 32.6 Å². The van der Waals surface area contributed by atoms with Gasteiger partial charge in [-0.2, -0.15) is 5.10 Å². The molecule has 0 aromatic carbocycles. The number of aryl methyl sites for hydroxylation is 1. The van der Waals surface area contributed by atoms with Crippen molar-refractivity contribution in [2.24, 2.45) is 5.92 Å². The van der Waals surface area contributed by atoms with Crippen LogP contribution in [0, 0.1) is 12.8 Å². The Bertz CT molecular complexity index is 659. The molecule has 20 heavy (non-hydrogen) atoms. The topological polar surface area (TPSA) is 71.3 Å². The maximum Gasteiger partial charge on any atom is 0.256 e. The first-order valence-corrected chi connectivity index (χ1v) is 6.94. The van der Waals surface area contributed by atoms with E-state index < -0.39 is 0 Å². The molecule has 2 aromatic rings. The molecule has 2 heterocycles. The summed E-state index contributed by atoms with van der Waals surface area (Å²) in [5.41, 5.74) is 2.06. The fraction of sp³-hybridized carbons (Fsp3) is 0.500. The highest BCUT2D eigenvalue weighted by Gasteiger charge is 2.29. The van der Waals surface area contributed by atoms with Gasteiger partial charge in [-0.3, -0.25) is 4.79 Å². The molecule has 0 bridgehead atoms. The first-order chi connectivity index (χ1) is 9.60. The number of carbonyl (C=O) groups is 1. The van der Waals surface area contributed by atoms with Gasteiger partial charge in [-0.15, -0.1) is 0 Å². The monoisotopic (exact) mass is 273 g/mol. The third-order valence-corrected chi connectivity index (χ3v) is 3.84. The average molecular weight is 273 g/mol. The van der Waals surface area contributed by atoms with E-state index in [1.807, 2.05) is 20.0 Å². The summed E-state index contributed by atoms with van der Waals surface area (Å²) in [5, 5.41) is 10.3. The molecular formula is C14H19N5O. The number of fused-ring (bicyclic) bond motifs is 1. The van der Waals surface area contributed by atoms with Crippen molar-refractivity contribution in [1.82, 2.24) is 19.9 Å². The van der Waals surface area contributed by atoms with E-state index in [1.165, 1.54) is 12.8 Å². The van der Waals surface area contributed by atoms with E-state index in [0.717, 1.165) is 11.5 Å². The normalized spacial score (nSPS) is 16.1. The number of aromatic nitrogens is 3. The molecule has 6 nitrogen and oxygen atoms in total. The van der Waals surface area contributed by atoms with E-state index in [0.29, 0.717) is 17.1 Å². The van der Waals surface area contributed by atoms with Crippen molar-refractivity contribution in [3.63, 3.8) is 0 Å². The number of nitrogens with zero attached hydrogens (tertiary/aromatic N) is 3. The van der Waals surface area contributed by atoms with Crippen molar-refractivity contribution in [1.29, 1.82) is 0 Å². The second-order valence-corrected chi connectivity index (χ2v) is 5.43. The van der Waals surface area contributed by atoms with Crippen LogP contribution in [0.4, 0.5) is 5.82 Å². The third-order valence-electron chi connectivity index (χ3n) is 3.84. The van der Waals surface area contributed by atoms with Gasteiger partial charge in [0.2, 0.25) is 0 Å². The van der Waals surface area contributed by atoms with Crippen LogP contribution in [0.15, 0.2) is 12.3 Å². The van der Waals surface area contributed by atoms with Crippen molar-refractivity contribution in [3.8, 4) is 0 Å². The number of hydrogen-bond donors (Lipinski definition) is 2. The predicted molar refractivity (Wildman–Crippen MR) is 76.9 cm³/mol. The molecule has 1 saturated carbocycles. The molecule has 2 aromatic heterocycles. The zero-order valence-electron chi connectivity index (χ0n) is 12.0. The lowest BCUT2D eigenvalue weighted by molar-refractivity contribution is 0.0937. The van der Waals surface area contributed by atoms with Gasteiger partial charge < -0.3 is 10.6 Å². The Hall–Kier alpha value is -2.11. The summed E-state index contributed by atoms with van der Waals surface area (Å²) in [4.78, 5) is 16.8. The van der Waals surface area contributed by atoms with Gasteiger partial charge in [-0.1, -0.05) is 0 Å². The largest absolute Gasteiger partial charge is 0.373 e. The van der Waals surface area contributed by atoms with Crippen LogP contribution in [0.25, 0.3) is 5.65 Å². The van der Waals surface area contributed by atoms with Crippen LogP contribution in [0.5, 0.6) is 0 Å². The van der Waals surface area contributed by atoms with E-state index in [4.69, 9.17) is 0 Å². The Kier molecular flexibility index (Phi) is 3.08. The summed E-state index contributed by atoms with van der Waals surface area (Å²) < 4.78 is 1.69. The van der Waals surface area contributed by atoms with Crippen LogP contribution in [-0.2, 0) is 0 Å². The molecule has 3 rings (SSSR count). The van der Waals surface area contributed by atoms with E-state index in [2.05, 4.69) is 27.6 Å². The molecule has 1 atom stereocenters.